The minimum absolute atomic E-state index is 0.229. The highest BCUT2D eigenvalue weighted by Gasteiger charge is 2.20. The normalized spacial score (nSPS) is 10.3. The minimum atomic E-state index is -0.229. The molecule has 17 heavy (non-hydrogen) atoms. The third-order valence-corrected chi connectivity index (χ3v) is 2.35. The molecule has 0 spiro atoms. The van der Waals surface area contributed by atoms with E-state index >= 15 is 0 Å². The second-order valence-electron chi connectivity index (χ2n) is 3.50. The Balaban J connectivity index is 2.47. The van der Waals surface area contributed by atoms with E-state index in [0.29, 0.717) is 23.0 Å². The molecule has 0 fully saturated rings. The maximum Gasteiger partial charge on any atom is 0.233 e. The van der Waals surface area contributed by atoms with Gasteiger partial charge in [-0.3, -0.25) is 9.48 Å². The van der Waals surface area contributed by atoms with Gasteiger partial charge in [0.25, 0.3) is 0 Å². The molecule has 0 aliphatic carbocycles. The first-order valence-corrected chi connectivity index (χ1v) is 5.04. The fourth-order valence-electron chi connectivity index (χ4n) is 1.53. The summed E-state index contributed by atoms with van der Waals surface area (Å²) < 4.78 is 6.56. The van der Waals surface area contributed by atoms with Crippen LogP contribution in [0.2, 0.25) is 0 Å². The zero-order valence-corrected chi connectivity index (χ0v) is 9.84. The van der Waals surface area contributed by atoms with Gasteiger partial charge in [0, 0.05) is 13.2 Å². The van der Waals surface area contributed by atoms with Crippen LogP contribution in [-0.2, 0) is 7.05 Å². The van der Waals surface area contributed by atoms with E-state index in [1.165, 1.54) is 18.0 Å². The monoisotopic (exact) mass is 232 g/mol. The maximum absolute atomic E-state index is 12.2. The molecule has 0 aliphatic heterocycles. The van der Waals surface area contributed by atoms with Crippen LogP contribution >= 0.6 is 0 Å². The number of aryl methyl sites for hydroxylation is 2. The molecule has 88 valence electrons. The van der Waals surface area contributed by atoms with Gasteiger partial charge >= 0.3 is 0 Å². The molecule has 0 aromatic carbocycles. The number of hydrogen-bond donors (Lipinski definition) is 0. The topological polar surface area (TPSA) is 69.9 Å². The summed E-state index contributed by atoms with van der Waals surface area (Å²) in [6.45, 7) is 1.73. The van der Waals surface area contributed by atoms with E-state index in [-0.39, 0.29) is 5.78 Å². The zero-order valence-electron chi connectivity index (χ0n) is 9.84. The van der Waals surface area contributed by atoms with Gasteiger partial charge in [0.05, 0.1) is 13.3 Å². The quantitative estimate of drug-likeness (QED) is 0.730. The van der Waals surface area contributed by atoms with Gasteiger partial charge in [-0.05, 0) is 13.0 Å². The summed E-state index contributed by atoms with van der Waals surface area (Å²) in [5, 5.41) is 3.98. The van der Waals surface area contributed by atoms with Gasteiger partial charge in [0.15, 0.2) is 11.4 Å². The van der Waals surface area contributed by atoms with Crippen LogP contribution in [0, 0.1) is 6.92 Å². The maximum atomic E-state index is 12.2. The summed E-state index contributed by atoms with van der Waals surface area (Å²) in [6, 6.07) is 1.57. The third-order valence-electron chi connectivity index (χ3n) is 2.35. The standard InChI is InChI=1S/C11H12N4O2/c1-7-12-5-4-8(14-7)11(16)10-9(17-3)6-13-15(10)2/h4-6H,1-3H3. The van der Waals surface area contributed by atoms with Gasteiger partial charge in [-0.25, -0.2) is 9.97 Å². The molecule has 0 atom stereocenters. The van der Waals surface area contributed by atoms with Gasteiger partial charge in [-0.1, -0.05) is 0 Å². The Kier molecular flexibility index (Phi) is 2.86. The first-order chi connectivity index (χ1) is 8.13. The lowest BCUT2D eigenvalue weighted by Crippen LogP contribution is -2.12. The lowest BCUT2D eigenvalue weighted by Gasteiger charge is -2.04. The highest BCUT2D eigenvalue weighted by molar-refractivity contribution is 6.08. The third kappa shape index (κ3) is 2.01. The van der Waals surface area contributed by atoms with Crippen LogP contribution in [0.1, 0.15) is 22.0 Å². The van der Waals surface area contributed by atoms with Gasteiger partial charge in [0.1, 0.15) is 11.5 Å². The van der Waals surface area contributed by atoms with Crippen LogP contribution in [0.15, 0.2) is 18.5 Å². The molecule has 2 heterocycles. The number of hydrogen-bond acceptors (Lipinski definition) is 5. The molecule has 2 aromatic heterocycles. The summed E-state index contributed by atoms with van der Waals surface area (Å²) in [5.74, 6) is 0.762. The number of nitrogens with zero attached hydrogens (tertiary/aromatic N) is 4. The minimum Gasteiger partial charge on any atom is -0.493 e. The molecule has 6 heteroatoms. The van der Waals surface area contributed by atoms with Crippen molar-refractivity contribution in [1.29, 1.82) is 0 Å². The van der Waals surface area contributed by atoms with Crippen molar-refractivity contribution in [3.05, 3.63) is 35.7 Å². The number of methoxy groups -OCH3 is 1. The first kappa shape index (κ1) is 11.3. The van der Waals surface area contributed by atoms with Gasteiger partial charge < -0.3 is 4.74 Å². The van der Waals surface area contributed by atoms with E-state index in [9.17, 15) is 4.79 Å². The molecule has 0 amide bonds. The van der Waals surface area contributed by atoms with E-state index in [0.717, 1.165) is 0 Å². The van der Waals surface area contributed by atoms with E-state index in [1.54, 1.807) is 26.2 Å². The highest BCUT2D eigenvalue weighted by atomic mass is 16.5. The number of carbonyl (C=O) groups excluding carboxylic acids is 1. The molecule has 0 bridgehead atoms. The second-order valence-corrected chi connectivity index (χ2v) is 3.50. The number of carbonyl (C=O) groups is 1. The van der Waals surface area contributed by atoms with Crippen molar-refractivity contribution in [3.8, 4) is 5.75 Å². The molecule has 2 rings (SSSR count). The van der Waals surface area contributed by atoms with Crippen LogP contribution in [0.5, 0.6) is 5.75 Å². The second kappa shape index (κ2) is 4.32. The number of aromatic nitrogens is 4. The van der Waals surface area contributed by atoms with E-state index < -0.39 is 0 Å². The van der Waals surface area contributed by atoms with Crippen LogP contribution in [0.4, 0.5) is 0 Å². The van der Waals surface area contributed by atoms with Crippen molar-refractivity contribution in [2.75, 3.05) is 7.11 Å². The molecule has 0 saturated carbocycles. The van der Waals surface area contributed by atoms with Crippen molar-refractivity contribution in [2.24, 2.45) is 7.05 Å². The summed E-state index contributed by atoms with van der Waals surface area (Å²) in [4.78, 5) is 20.3. The number of ether oxygens (including phenoxy) is 1. The Labute approximate surface area is 98.3 Å². The zero-order chi connectivity index (χ0) is 12.4. The molecule has 0 radical (unpaired) electrons. The summed E-state index contributed by atoms with van der Waals surface area (Å²) in [5.41, 5.74) is 0.713. The van der Waals surface area contributed by atoms with Crippen molar-refractivity contribution < 1.29 is 9.53 Å². The fourth-order valence-corrected chi connectivity index (χ4v) is 1.53. The van der Waals surface area contributed by atoms with Crippen molar-refractivity contribution in [1.82, 2.24) is 19.7 Å². The van der Waals surface area contributed by atoms with Crippen LogP contribution in [0.3, 0.4) is 0 Å². The van der Waals surface area contributed by atoms with Crippen LogP contribution in [-0.4, -0.2) is 32.6 Å². The number of ketones is 1. The predicted molar refractivity (Wildman–Crippen MR) is 60.0 cm³/mol. The largest absolute Gasteiger partial charge is 0.493 e. The molecular formula is C11H12N4O2. The summed E-state index contributed by atoms with van der Waals surface area (Å²) in [7, 11) is 3.18. The SMILES string of the molecule is COc1cnn(C)c1C(=O)c1ccnc(C)n1. The van der Waals surface area contributed by atoms with Crippen molar-refractivity contribution in [3.63, 3.8) is 0 Å². The van der Waals surface area contributed by atoms with Gasteiger partial charge in [-0.15, -0.1) is 0 Å². The van der Waals surface area contributed by atoms with Crippen molar-refractivity contribution in [2.45, 2.75) is 6.92 Å². The molecule has 0 aliphatic rings. The number of rotatable bonds is 3. The molecule has 0 N–H and O–H groups in total. The Hall–Kier alpha value is -2.24. The van der Waals surface area contributed by atoms with Gasteiger partial charge in [0.2, 0.25) is 5.78 Å². The predicted octanol–water partition coefficient (Wildman–Crippen LogP) is 0.758. The van der Waals surface area contributed by atoms with E-state index in [2.05, 4.69) is 15.1 Å². The lowest BCUT2D eigenvalue weighted by atomic mass is 10.2. The van der Waals surface area contributed by atoms with Gasteiger partial charge in [-0.2, -0.15) is 5.10 Å². The Bertz CT molecular complexity index is 562. The highest BCUT2D eigenvalue weighted by Crippen LogP contribution is 2.19. The smallest absolute Gasteiger partial charge is 0.233 e. The molecule has 6 nitrogen and oxygen atoms in total. The molecule has 2 aromatic rings. The van der Waals surface area contributed by atoms with E-state index in [1.807, 2.05) is 0 Å². The van der Waals surface area contributed by atoms with Crippen molar-refractivity contribution >= 4 is 5.78 Å². The summed E-state index contributed by atoms with van der Waals surface area (Å²) >= 11 is 0. The fraction of sp³-hybridized carbons (Fsp3) is 0.273. The Morgan fingerprint density at radius 1 is 1.47 bits per heavy atom. The molecule has 0 unspecified atom stereocenters. The van der Waals surface area contributed by atoms with E-state index in [4.69, 9.17) is 4.74 Å². The molecule has 0 saturated heterocycles. The summed E-state index contributed by atoms with van der Waals surface area (Å²) in [6.07, 6.45) is 3.06. The molecular weight excluding hydrogens is 220 g/mol. The lowest BCUT2D eigenvalue weighted by molar-refractivity contribution is 0.102. The van der Waals surface area contributed by atoms with Crippen LogP contribution in [0.25, 0.3) is 0 Å². The average Bonchev–Trinajstić information content (AvgIpc) is 2.69. The average molecular weight is 232 g/mol. The first-order valence-electron chi connectivity index (χ1n) is 5.04. The van der Waals surface area contributed by atoms with Crippen LogP contribution < -0.4 is 4.74 Å². The Morgan fingerprint density at radius 2 is 2.24 bits per heavy atom. The Morgan fingerprint density at radius 3 is 2.88 bits per heavy atom.